The summed E-state index contributed by atoms with van der Waals surface area (Å²) in [4.78, 5) is 20.6. The van der Waals surface area contributed by atoms with E-state index in [2.05, 4.69) is 9.89 Å². The van der Waals surface area contributed by atoms with Gasteiger partial charge in [-0.1, -0.05) is 31.0 Å². The molecule has 23 heavy (non-hydrogen) atoms. The average molecular weight is 428 g/mol. The normalized spacial score (nSPS) is 18.4. The molecule has 0 saturated carbocycles. The summed E-state index contributed by atoms with van der Waals surface area (Å²) in [6.45, 7) is 3.16. The number of aliphatic imine (C=N–C) groups is 1. The van der Waals surface area contributed by atoms with Crippen LogP contribution in [0.4, 0.5) is 5.69 Å². The van der Waals surface area contributed by atoms with Crippen LogP contribution in [0, 0.1) is 0 Å². The Kier molecular flexibility index (Phi) is 6.68. The van der Waals surface area contributed by atoms with Crippen LogP contribution >= 0.6 is 24.0 Å². The fourth-order valence-electron chi connectivity index (χ4n) is 3.23. The lowest BCUT2D eigenvalue weighted by molar-refractivity contribution is -0.117. The number of fused-ring (bicyclic) bond motifs is 1. The first-order valence-electron chi connectivity index (χ1n) is 8.19. The molecule has 1 amide bonds. The maximum absolute atomic E-state index is 12.1. The monoisotopic (exact) mass is 428 g/mol. The Labute approximate surface area is 154 Å². The second-order valence-electron chi connectivity index (χ2n) is 5.99. The Balaban J connectivity index is 0.00000192. The standard InChI is InChI=1S/C17H24N4O.HI/c18-17(20-10-5-1-2-6-11-20)19-9-12-21-15-8-4-3-7-14(15)13-16(21)22;/h3-4,7-8H,1-2,5-6,9-13H2,(H2,18,19);1H. The zero-order valence-electron chi connectivity index (χ0n) is 13.4. The summed E-state index contributed by atoms with van der Waals surface area (Å²) in [5, 5.41) is 0. The molecule has 1 aromatic carbocycles. The van der Waals surface area contributed by atoms with Crippen molar-refractivity contribution in [2.24, 2.45) is 10.7 Å². The van der Waals surface area contributed by atoms with E-state index in [9.17, 15) is 4.79 Å². The quantitative estimate of drug-likeness (QED) is 0.457. The highest BCUT2D eigenvalue weighted by Gasteiger charge is 2.26. The minimum atomic E-state index is 0. The third-order valence-corrected chi connectivity index (χ3v) is 4.45. The van der Waals surface area contributed by atoms with Crippen LogP contribution in [0.25, 0.3) is 0 Å². The molecule has 2 N–H and O–H groups in total. The lowest BCUT2D eigenvalue weighted by Crippen LogP contribution is -2.39. The van der Waals surface area contributed by atoms with Crippen molar-refractivity contribution in [1.29, 1.82) is 0 Å². The number of carbonyl (C=O) groups excluding carboxylic acids is 1. The number of amides is 1. The van der Waals surface area contributed by atoms with Crippen molar-refractivity contribution in [2.75, 3.05) is 31.1 Å². The molecule has 2 aliphatic rings. The summed E-state index contributed by atoms with van der Waals surface area (Å²) in [7, 11) is 0. The van der Waals surface area contributed by atoms with Crippen LogP contribution in [0.3, 0.4) is 0 Å². The third kappa shape index (κ3) is 4.37. The molecular formula is C17H25IN4O. The van der Waals surface area contributed by atoms with Crippen LogP contribution in [-0.4, -0.2) is 42.9 Å². The van der Waals surface area contributed by atoms with E-state index in [4.69, 9.17) is 5.73 Å². The van der Waals surface area contributed by atoms with E-state index >= 15 is 0 Å². The summed E-state index contributed by atoms with van der Waals surface area (Å²) < 4.78 is 0. The fraction of sp³-hybridized carbons (Fsp3) is 0.529. The SMILES string of the molecule is I.NC(=NCCN1C(=O)Cc2ccccc21)N1CCCCCC1. The molecule has 0 atom stereocenters. The lowest BCUT2D eigenvalue weighted by Gasteiger charge is -2.22. The van der Waals surface area contributed by atoms with Gasteiger partial charge in [0, 0.05) is 25.3 Å². The fourth-order valence-corrected chi connectivity index (χ4v) is 3.23. The second kappa shape index (κ2) is 8.52. The average Bonchev–Trinajstić information content (AvgIpc) is 2.71. The maximum Gasteiger partial charge on any atom is 0.231 e. The molecule has 6 heteroatoms. The summed E-state index contributed by atoms with van der Waals surface area (Å²) in [6.07, 6.45) is 5.44. The zero-order chi connectivity index (χ0) is 15.4. The van der Waals surface area contributed by atoms with Gasteiger partial charge in [0.1, 0.15) is 0 Å². The predicted octanol–water partition coefficient (Wildman–Crippen LogP) is 2.38. The molecule has 126 valence electrons. The van der Waals surface area contributed by atoms with E-state index in [0.29, 0.717) is 25.5 Å². The summed E-state index contributed by atoms with van der Waals surface area (Å²) in [6, 6.07) is 7.97. The predicted molar refractivity (Wildman–Crippen MR) is 104 cm³/mol. The van der Waals surface area contributed by atoms with Crippen molar-refractivity contribution in [3.8, 4) is 0 Å². The Morgan fingerprint density at radius 3 is 2.57 bits per heavy atom. The van der Waals surface area contributed by atoms with Crippen molar-refractivity contribution in [1.82, 2.24) is 4.90 Å². The van der Waals surface area contributed by atoms with Crippen molar-refractivity contribution < 1.29 is 4.79 Å². The number of carbonyl (C=O) groups is 1. The van der Waals surface area contributed by atoms with Gasteiger partial charge in [-0.05, 0) is 24.5 Å². The van der Waals surface area contributed by atoms with E-state index in [0.717, 1.165) is 24.3 Å². The van der Waals surface area contributed by atoms with Crippen molar-refractivity contribution in [3.05, 3.63) is 29.8 Å². The number of hydrogen-bond donors (Lipinski definition) is 1. The number of anilines is 1. The van der Waals surface area contributed by atoms with Gasteiger partial charge in [0.2, 0.25) is 5.91 Å². The smallest absolute Gasteiger partial charge is 0.231 e. The highest BCUT2D eigenvalue weighted by atomic mass is 127. The van der Waals surface area contributed by atoms with Crippen molar-refractivity contribution in [3.63, 3.8) is 0 Å². The highest BCUT2D eigenvalue weighted by Crippen LogP contribution is 2.27. The van der Waals surface area contributed by atoms with Gasteiger partial charge in [0.15, 0.2) is 5.96 Å². The van der Waals surface area contributed by atoms with Crippen LogP contribution in [0.1, 0.15) is 31.2 Å². The van der Waals surface area contributed by atoms with Gasteiger partial charge in [-0.15, -0.1) is 24.0 Å². The van der Waals surface area contributed by atoms with Gasteiger partial charge in [-0.25, -0.2) is 0 Å². The Morgan fingerprint density at radius 2 is 1.83 bits per heavy atom. The van der Waals surface area contributed by atoms with Crippen LogP contribution < -0.4 is 10.6 Å². The van der Waals surface area contributed by atoms with E-state index < -0.39 is 0 Å². The number of likely N-dealkylation sites (tertiary alicyclic amines) is 1. The number of hydrogen-bond acceptors (Lipinski definition) is 2. The zero-order valence-corrected chi connectivity index (χ0v) is 15.7. The number of para-hydroxylation sites is 1. The molecule has 2 heterocycles. The Morgan fingerprint density at radius 1 is 1.13 bits per heavy atom. The van der Waals surface area contributed by atoms with E-state index in [1.165, 1.54) is 25.7 Å². The Hall–Kier alpha value is -1.31. The molecule has 3 rings (SSSR count). The van der Waals surface area contributed by atoms with Crippen LogP contribution in [-0.2, 0) is 11.2 Å². The van der Waals surface area contributed by atoms with E-state index in [-0.39, 0.29) is 29.9 Å². The number of guanidine groups is 1. The molecule has 0 aromatic heterocycles. The summed E-state index contributed by atoms with van der Waals surface area (Å²) in [5.74, 6) is 0.784. The molecule has 1 fully saturated rings. The number of nitrogens with two attached hydrogens (primary N) is 1. The number of benzene rings is 1. The maximum atomic E-state index is 12.1. The second-order valence-corrected chi connectivity index (χ2v) is 5.99. The Bertz CT molecular complexity index is 567. The molecule has 2 aliphatic heterocycles. The van der Waals surface area contributed by atoms with Gasteiger partial charge >= 0.3 is 0 Å². The highest BCUT2D eigenvalue weighted by molar-refractivity contribution is 14.0. The number of halogens is 1. The van der Waals surface area contributed by atoms with E-state index in [1.807, 2.05) is 29.2 Å². The van der Waals surface area contributed by atoms with Gasteiger partial charge in [-0.3, -0.25) is 9.79 Å². The van der Waals surface area contributed by atoms with E-state index in [1.54, 1.807) is 0 Å². The van der Waals surface area contributed by atoms with Crippen LogP contribution in [0.15, 0.2) is 29.3 Å². The van der Waals surface area contributed by atoms with Gasteiger partial charge in [0.05, 0.1) is 13.0 Å². The number of nitrogens with zero attached hydrogens (tertiary/aromatic N) is 3. The molecule has 1 aromatic rings. The molecule has 0 aliphatic carbocycles. The molecular weight excluding hydrogens is 403 g/mol. The summed E-state index contributed by atoms with van der Waals surface area (Å²) in [5.41, 5.74) is 8.24. The molecule has 1 saturated heterocycles. The minimum absolute atomic E-state index is 0. The first-order chi connectivity index (χ1) is 10.8. The van der Waals surface area contributed by atoms with Crippen molar-refractivity contribution in [2.45, 2.75) is 32.1 Å². The lowest BCUT2D eigenvalue weighted by atomic mass is 10.2. The van der Waals surface area contributed by atoms with Crippen LogP contribution in [0.2, 0.25) is 0 Å². The van der Waals surface area contributed by atoms with Gasteiger partial charge < -0.3 is 15.5 Å². The van der Waals surface area contributed by atoms with Crippen LogP contribution in [0.5, 0.6) is 0 Å². The van der Waals surface area contributed by atoms with Crippen molar-refractivity contribution >= 4 is 41.5 Å². The molecule has 0 radical (unpaired) electrons. The first-order valence-corrected chi connectivity index (χ1v) is 8.19. The molecule has 5 nitrogen and oxygen atoms in total. The minimum Gasteiger partial charge on any atom is -0.370 e. The molecule has 0 bridgehead atoms. The molecule has 0 unspecified atom stereocenters. The summed E-state index contributed by atoms with van der Waals surface area (Å²) >= 11 is 0. The largest absolute Gasteiger partial charge is 0.370 e. The molecule has 0 spiro atoms. The number of rotatable bonds is 3. The first kappa shape index (κ1) is 18.0. The van der Waals surface area contributed by atoms with Gasteiger partial charge in [-0.2, -0.15) is 0 Å². The third-order valence-electron chi connectivity index (χ3n) is 4.45. The topological polar surface area (TPSA) is 61.9 Å². The van der Waals surface area contributed by atoms with Gasteiger partial charge in [0.25, 0.3) is 0 Å².